The van der Waals surface area contributed by atoms with Crippen molar-refractivity contribution < 1.29 is 9.59 Å². The molecule has 2 rings (SSSR count). The maximum atomic E-state index is 11.8. The van der Waals surface area contributed by atoms with Crippen LogP contribution in [0.15, 0.2) is 59.1 Å². The summed E-state index contributed by atoms with van der Waals surface area (Å²) in [4.78, 5) is 22.8. The molecule has 0 heterocycles. The molecule has 0 aromatic heterocycles. The molecule has 0 aliphatic heterocycles. The minimum atomic E-state index is -0.205. The molecule has 0 fully saturated rings. The number of hydrogen-bond donors (Lipinski definition) is 2. The number of amides is 2. The first-order valence-electron chi connectivity index (χ1n) is 6.65. The average Bonchev–Trinajstić information content (AvgIpc) is 2.46. The van der Waals surface area contributed by atoms with Crippen molar-refractivity contribution in [2.45, 2.75) is 6.92 Å². The molecule has 0 spiro atoms. The normalized spacial score (nSPS) is 10.5. The van der Waals surface area contributed by atoms with Gasteiger partial charge >= 0.3 is 0 Å². The molecule has 0 saturated carbocycles. The van der Waals surface area contributed by atoms with Gasteiger partial charge in [-0.1, -0.05) is 34.1 Å². The zero-order chi connectivity index (χ0) is 15.9. The summed E-state index contributed by atoms with van der Waals surface area (Å²) in [7, 11) is 0. The van der Waals surface area contributed by atoms with Gasteiger partial charge in [-0.15, -0.1) is 0 Å². The van der Waals surface area contributed by atoms with Crippen LogP contribution < -0.4 is 10.6 Å². The SMILES string of the molecule is CC(=O)Nc1ccc(/C=C/C(=O)Nc2cccc(Br)c2)cc1. The van der Waals surface area contributed by atoms with Gasteiger partial charge in [-0.3, -0.25) is 9.59 Å². The van der Waals surface area contributed by atoms with Gasteiger partial charge < -0.3 is 10.6 Å². The zero-order valence-corrected chi connectivity index (χ0v) is 13.6. The number of nitrogens with one attached hydrogen (secondary N) is 2. The molecule has 2 amide bonds. The highest BCUT2D eigenvalue weighted by atomic mass is 79.9. The van der Waals surface area contributed by atoms with E-state index in [-0.39, 0.29) is 11.8 Å². The molecule has 2 aromatic carbocycles. The van der Waals surface area contributed by atoms with Gasteiger partial charge in [0.1, 0.15) is 0 Å². The fourth-order valence-electron chi connectivity index (χ4n) is 1.80. The second-order valence-electron chi connectivity index (χ2n) is 4.64. The fourth-order valence-corrected chi connectivity index (χ4v) is 2.20. The van der Waals surface area contributed by atoms with Gasteiger partial charge in [-0.2, -0.15) is 0 Å². The van der Waals surface area contributed by atoms with E-state index >= 15 is 0 Å². The lowest BCUT2D eigenvalue weighted by atomic mass is 10.2. The molecule has 0 radical (unpaired) electrons. The largest absolute Gasteiger partial charge is 0.326 e. The van der Waals surface area contributed by atoms with Crippen molar-refractivity contribution in [1.29, 1.82) is 0 Å². The molecular formula is C17H15BrN2O2. The Kier molecular flexibility index (Phi) is 5.49. The molecule has 0 bridgehead atoms. The van der Waals surface area contributed by atoms with Crippen LogP contribution in [0.25, 0.3) is 6.08 Å². The van der Waals surface area contributed by atoms with E-state index in [1.165, 1.54) is 13.0 Å². The van der Waals surface area contributed by atoms with Gasteiger partial charge in [0.15, 0.2) is 0 Å². The van der Waals surface area contributed by atoms with Gasteiger partial charge in [0.25, 0.3) is 0 Å². The maximum Gasteiger partial charge on any atom is 0.248 e. The van der Waals surface area contributed by atoms with Crippen LogP contribution in [-0.4, -0.2) is 11.8 Å². The highest BCUT2D eigenvalue weighted by Gasteiger charge is 1.99. The fraction of sp³-hybridized carbons (Fsp3) is 0.0588. The molecule has 0 aliphatic carbocycles. The van der Waals surface area contributed by atoms with Crippen molar-refractivity contribution in [2.24, 2.45) is 0 Å². The number of benzene rings is 2. The zero-order valence-electron chi connectivity index (χ0n) is 12.0. The molecule has 0 atom stereocenters. The quantitative estimate of drug-likeness (QED) is 0.809. The maximum absolute atomic E-state index is 11.8. The van der Waals surface area contributed by atoms with E-state index in [0.717, 1.165) is 21.4 Å². The molecule has 5 heteroatoms. The Morgan fingerprint density at radius 2 is 1.73 bits per heavy atom. The smallest absolute Gasteiger partial charge is 0.248 e. The van der Waals surface area contributed by atoms with Gasteiger partial charge in [0.2, 0.25) is 11.8 Å². The summed E-state index contributed by atoms with van der Waals surface area (Å²) in [6.45, 7) is 1.46. The van der Waals surface area contributed by atoms with Crippen LogP contribution >= 0.6 is 15.9 Å². The first-order chi connectivity index (χ1) is 10.5. The Labute approximate surface area is 137 Å². The molecule has 0 saturated heterocycles. The second kappa shape index (κ2) is 7.56. The van der Waals surface area contributed by atoms with E-state index in [9.17, 15) is 9.59 Å². The summed E-state index contributed by atoms with van der Waals surface area (Å²) in [6, 6.07) is 14.6. The van der Waals surface area contributed by atoms with E-state index in [1.54, 1.807) is 18.2 Å². The van der Waals surface area contributed by atoms with Gasteiger partial charge in [-0.05, 0) is 42.0 Å². The monoisotopic (exact) mass is 358 g/mol. The first kappa shape index (κ1) is 16.0. The Balaban J connectivity index is 1.96. The van der Waals surface area contributed by atoms with Crippen LogP contribution in [0.3, 0.4) is 0 Å². The van der Waals surface area contributed by atoms with Crippen LogP contribution in [0.1, 0.15) is 12.5 Å². The Hall–Kier alpha value is -2.40. The topological polar surface area (TPSA) is 58.2 Å². The third kappa shape index (κ3) is 5.18. The van der Waals surface area contributed by atoms with Crippen LogP contribution in [-0.2, 0) is 9.59 Å². The Morgan fingerprint density at radius 1 is 1.00 bits per heavy atom. The highest BCUT2D eigenvalue weighted by molar-refractivity contribution is 9.10. The third-order valence-electron chi connectivity index (χ3n) is 2.75. The summed E-state index contributed by atoms with van der Waals surface area (Å²) in [5, 5.41) is 5.47. The van der Waals surface area contributed by atoms with Gasteiger partial charge in [0, 0.05) is 28.8 Å². The van der Waals surface area contributed by atoms with Crippen molar-refractivity contribution in [2.75, 3.05) is 10.6 Å². The summed E-state index contributed by atoms with van der Waals surface area (Å²) >= 11 is 3.35. The Morgan fingerprint density at radius 3 is 2.36 bits per heavy atom. The molecule has 0 aliphatic rings. The number of halogens is 1. The van der Waals surface area contributed by atoms with Crippen molar-refractivity contribution >= 4 is 45.2 Å². The highest BCUT2D eigenvalue weighted by Crippen LogP contribution is 2.16. The minimum Gasteiger partial charge on any atom is -0.326 e. The number of carbonyl (C=O) groups excluding carboxylic acids is 2. The summed E-state index contributed by atoms with van der Waals surface area (Å²) in [5.41, 5.74) is 2.33. The lowest BCUT2D eigenvalue weighted by Gasteiger charge is -2.03. The standard InChI is InChI=1S/C17H15BrN2O2/c1-12(21)19-15-8-5-13(6-9-15)7-10-17(22)20-16-4-2-3-14(18)11-16/h2-11H,1H3,(H,19,21)(H,20,22)/b10-7+. The minimum absolute atomic E-state index is 0.114. The summed E-state index contributed by atoms with van der Waals surface area (Å²) in [5.74, 6) is -0.319. The molecule has 112 valence electrons. The van der Waals surface area contributed by atoms with Crippen molar-refractivity contribution in [3.8, 4) is 0 Å². The van der Waals surface area contributed by atoms with E-state index in [0.29, 0.717) is 0 Å². The summed E-state index contributed by atoms with van der Waals surface area (Å²) in [6.07, 6.45) is 3.18. The van der Waals surface area contributed by atoms with Crippen LogP contribution in [0.5, 0.6) is 0 Å². The molecule has 4 nitrogen and oxygen atoms in total. The molecule has 2 aromatic rings. The number of rotatable bonds is 4. The van der Waals surface area contributed by atoms with Crippen molar-refractivity contribution in [3.63, 3.8) is 0 Å². The van der Waals surface area contributed by atoms with Crippen LogP contribution in [0, 0.1) is 0 Å². The Bertz CT molecular complexity index is 709. The van der Waals surface area contributed by atoms with E-state index in [2.05, 4.69) is 26.6 Å². The molecule has 0 unspecified atom stereocenters. The second-order valence-corrected chi connectivity index (χ2v) is 5.55. The van der Waals surface area contributed by atoms with E-state index in [1.807, 2.05) is 36.4 Å². The van der Waals surface area contributed by atoms with Crippen LogP contribution in [0.4, 0.5) is 11.4 Å². The van der Waals surface area contributed by atoms with E-state index < -0.39 is 0 Å². The average molecular weight is 359 g/mol. The number of hydrogen-bond acceptors (Lipinski definition) is 2. The number of carbonyl (C=O) groups is 2. The lowest BCUT2D eigenvalue weighted by Crippen LogP contribution is -2.07. The molecule has 2 N–H and O–H groups in total. The first-order valence-corrected chi connectivity index (χ1v) is 7.44. The van der Waals surface area contributed by atoms with E-state index in [4.69, 9.17) is 0 Å². The van der Waals surface area contributed by atoms with Crippen molar-refractivity contribution in [1.82, 2.24) is 0 Å². The van der Waals surface area contributed by atoms with Crippen LogP contribution in [0.2, 0.25) is 0 Å². The van der Waals surface area contributed by atoms with Gasteiger partial charge in [-0.25, -0.2) is 0 Å². The van der Waals surface area contributed by atoms with Crippen molar-refractivity contribution in [3.05, 3.63) is 64.6 Å². The predicted octanol–water partition coefficient (Wildman–Crippen LogP) is 4.06. The molecule has 22 heavy (non-hydrogen) atoms. The summed E-state index contributed by atoms with van der Waals surface area (Å²) < 4.78 is 0.905. The molecular weight excluding hydrogens is 344 g/mol. The third-order valence-corrected chi connectivity index (χ3v) is 3.24. The lowest BCUT2D eigenvalue weighted by molar-refractivity contribution is -0.114. The number of anilines is 2. The van der Waals surface area contributed by atoms with Gasteiger partial charge in [0.05, 0.1) is 0 Å². The predicted molar refractivity (Wildman–Crippen MR) is 92.6 cm³/mol.